The van der Waals surface area contributed by atoms with Gasteiger partial charge in [-0.1, -0.05) is 17.3 Å². The molecule has 2 rings (SSSR count). The summed E-state index contributed by atoms with van der Waals surface area (Å²) in [5.41, 5.74) is 0.120. The van der Waals surface area contributed by atoms with Gasteiger partial charge < -0.3 is 0 Å². The molecule has 2 aromatic rings. The van der Waals surface area contributed by atoms with E-state index in [1.54, 1.807) is 12.1 Å². The minimum Gasteiger partial charge on any atom is -0.267 e. The molecule has 1 aromatic carbocycles. The van der Waals surface area contributed by atoms with E-state index in [1.807, 2.05) is 26.0 Å². The molecule has 1 aromatic heterocycles. The first-order valence-corrected chi connectivity index (χ1v) is 6.27. The summed E-state index contributed by atoms with van der Waals surface area (Å²) in [4.78, 5) is 12.1. The van der Waals surface area contributed by atoms with E-state index in [9.17, 15) is 4.79 Å². The van der Waals surface area contributed by atoms with Crippen molar-refractivity contribution >= 4 is 10.9 Å². The quantitative estimate of drug-likeness (QED) is 0.840. The van der Waals surface area contributed by atoms with Gasteiger partial charge in [0.15, 0.2) is 0 Å². The minimum absolute atomic E-state index is 0.125. The van der Waals surface area contributed by atoms with Gasteiger partial charge in [0.2, 0.25) is 0 Å². The molecule has 0 unspecified atom stereocenters. The molecule has 0 saturated carbocycles. The maximum atomic E-state index is 12.1. The number of hydrogen-bond acceptors (Lipinski definition) is 4. The Kier molecular flexibility index (Phi) is 3.61. The fourth-order valence-corrected chi connectivity index (χ4v) is 1.90. The summed E-state index contributed by atoms with van der Waals surface area (Å²) in [6, 6.07) is 9.41. The van der Waals surface area contributed by atoms with Crippen LogP contribution in [-0.2, 0) is 6.54 Å². The van der Waals surface area contributed by atoms with Crippen molar-refractivity contribution in [2.75, 3.05) is 0 Å². The van der Waals surface area contributed by atoms with Crippen molar-refractivity contribution in [1.82, 2.24) is 15.0 Å². The summed E-state index contributed by atoms with van der Waals surface area (Å²) >= 11 is 0. The van der Waals surface area contributed by atoms with Crippen LogP contribution >= 0.6 is 0 Å². The highest BCUT2D eigenvalue weighted by atomic mass is 16.1. The van der Waals surface area contributed by atoms with Gasteiger partial charge in [0.05, 0.1) is 16.9 Å². The summed E-state index contributed by atoms with van der Waals surface area (Å²) in [6.07, 6.45) is 1.46. The highest BCUT2D eigenvalue weighted by molar-refractivity contribution is 5.76. The maximum Gasteiger partial charge on any atom is 0.277 e. The average molecular weight is 256 g/mol. The molecule has 0 spiro atoms. The van der Waals surface area contributed by atoms with Crippen molar-refractivity contribution in [2.45, 2.75) is 33.2 Å². The number of nitrogens with zero attached hydrogens (tertiary/aromatic N) is 4. The summed E-state index contributed by atoms with van der Waals surface area (Å²) < 4.78 is 1.37. The van der Waals surface area contributed by atoms with Crippen molar-refractivity contribution in [3.63, 3.8) is 0 Å². The Bertz CT molecular complexity index is 682. The van der Waals surface area contributed by atoms with E-state index < -0.39 is 0 Å². The van der Waals surface area contributed by atoms with Crippen LogP contribution in [-0.4, -0.2) is 15.0 Å². The lowest BCUT2D eigenvalue weighted by molar-refractivity contribution is 0.398. The number of rotatable bonds is 4. The molecular formula is C14H16N4O. The number of hydrogen-bond donors (Lipinski definition) is 0. The Hall–Kier alpha value is -2.22. The third kappa shape index (κ3) is 2.97. The van der Waals surface area contributed by atoms with Gasteiger partial charge in [-0.2, -0.15) is 5.26 Å². The zero-order valence-electron chi connectivity index (χ0n) is 11.1. The zero-order chi connectivity index (χ0) is 13.9. The van der Waals surface area contributed by atoms with Gasteiger partial charge in [-0.05, 0) is 38.8 Å². The molecule has 19 heavy (non-hydrogen) atoms. The van der Waals surface area contributed by atoms with Gasteiger partial charge >= 0.3 is 0 Å². The van der Waals surface area contributed by atoms with Crippen LogP contribution in [0.3, 0.4) is 0 Å². The molecule has 0 atom stereocenters. The first kappa shape index (κ1) is 13.2. The number of aromatic nitrogens is 3. The standard InChI is InChI=1S/C14H16N4O/c1-14(2,10-15)8-5-9-18-13(19)11-6-3-4-7-12(11)16-17-18/h3-4,6-7H,5,8-9H2,1-2H3. The molecule has 0 aliphatic carbocycles. The molecule has 1 heterocycles. The number of fused-ring (bicyclic) bond motifs is 1. The fourth-order valence-electron chi connectivity index (χ4n) is 1.90. The molecule has 0 bridgehead atoms. The van der Waals surface area contributed by atoms with E-state index in [0.29, 0.717) is 17.4 Å². The second-order valence-electron chi connectivity index (χ2n) is 5.23. The average Bonchev–Trinajstić information content (AvgIpc) is 2.42. The van der Waals surface area contributed by atoms with Crippen LogP contribution in [0.15, 0.2) is 29.1 Å². The summed E-state index contributed by atoms with van der Waals surface area (Å²) in [6.45, 7) is 4.27. The zero-order valence-corrected chi connectivity index (χ0v) is 11.1. The lowest BCUT2D eigenvalue weighted by atomic mass is 9.90. The second kappa shape index (κ2) is 5.19. The summed E-state index contributed by atoms with van der Waals surface area (Å²) in [5, 5.41) is 17.5. The van der Waals surface area contributed by atoms with Gasteiger partial charge in [0, 0.05) is 6.54 Å². The SMILES string of the molecule is CC(C)(C#N)CCCn1nnc2ccccc2c1=O. The Morgan fingerprint density at radius 3 is 2.84 bits per heavy atom. The van der Waals surface area contributed by atoms with Gasteiger partial charge in [-0.3, -0.25) is 4.79 Å². The third-order valence-electron chi connectivity index (χ3n) is 3.10. The third-order valence-corrected chi connectivity index (χ3v) is 3.10. The minimum atomic E-state index is -0.367. The van der Waals surface area contributed by atoms with Crippen molar-refractivity contribution in [1.29, 1.82) is 5.26 Å². The molecule has 0 aliphatic rings. The first-order chi connectivity index (χ1) is 9.03. The Morgan fingerprint density at radius 2 is 2.11 bits per heavy atom. The van der Waals surface area contributed by atoms with Gasteiger partial charge in [0.25, 0.3) is 5.56 Å². The molecule has 5 nitrogen and oxygen atoms in total. The van der Waals surface area contributed by atoms with E-state index in [4.69, 9.17) is 5.26 Å². The van der Waals surface area contributed by atoms with Gasteiger partial charge in [-0.15, -0.1) is 5.10 Å². The molecule has 0 N–H and O–H groups in total. The lowest BCUT2D eigenvalue weighted by Gasteiger charge is -2.14. The Balaban J connectivity index is 2.17. The molecule has 98 valence electrons. The van der Waals surface area contributed by atoms with Gasteiger partial charge in [-0.25, -0.2) is 4.68 Å². The fraction of sp³-hybridized carbons (Fsp3) is 0.429. The van der Waals surface area contributed by atoms with E-state index in [0.717, 1.165) is 12.8 Å². The molecule has 0 fully saturated rings. The van der Waals surface area contributed by atoms with Crippen LogP contribution in [0.25, 0.3) is 10.9 Å². The number of benzene rings is 1. The van der Waals surface area contributed by atoms with Crippen molar-refractivity contribution < 1.29 is 0 Å². The summed E-state index contributed by atoms with van der Waals surface area (Å²) in [7, 11) is 0. The largest absolute Gasteiger partial charge is 0.277 e. The van der Waals surface area contributed by atoms with Crippen LogP contribution in [0.5, 0.6) is 0 Å². The number of aryl methyl sites for hydroxylation is 1. The van der Waals surface area contributed by atoms with Crippen molar-refractivity contribution in [3.8, 4) is 6.07 Å². The predicted molar refractivity (Wildman–Crippen MR) is 72.4 cm³/mol. The normalized spacial score (nSPS) is 11.4. The molecule has 0 aliphatic heterocycles. The molecule has 0 amide bonds. The first-order valence-electron chi connectivity index (χ1n) is 6.27. The van der Waals surface area contributed by atoms with E-state index in [-0.39, 0.29) is 11.0 Å². The number of nitriles is 1. The Labute approximate surface area is 111 Å². The molecule has 5 heteroatoms. The monoisotopic (exact) mass is 256 g/mol. The molecule has 0 radical (unpaired) electrons. The van der Waals surface area contributed by atoms with Crippen LogP contribution < -0.4 is 5.56 Å². The van der Waals surface area contributed by atoms with Gasteiger partial charge in [0.1, 0.15) is 5.52 Å². The smallest absolute Gasteiger partial charge is 0.267 e. The highest BCUT2D eigenvalue weighted by Crippen LogP contribution is 2.20. The van der Waals surface area contributed by atoms with E-state index >= 15 is 0 Å². The van der Waals surface area contributed by atoms with Crippen molar-refractivity contribution in [2.24, 2.45) is 5.41 Å². The highest BCUT2D eigenvalue weighted by Gasteiger charge is 2.16. The van der Waals surface area contributed by atoms with Crippen LogP contribution in [0, 0.1) is 16.7 Å². The van der Waals surface area contributed by atoms with Crippen molar-refractivity contribution in [3.05, 3.63) is 34.6 Å². The van der Waals surface area contributed by atoms with E-state index in [1.165, 1.54) is 4.68 Å². The lowest BCUT2D eigenvalue weighted by Crippen LogP contribution is -2.25. The second-order valence-corrected chi connectivity index (χ2v) is 5.23. The Morgan fingerprint density at radius 1 is 1.37 bits per heavy atom. The van der Waals surface area contributed by atoms with Crippen LogP contribution in [0.2, 0.25) is 0 Å². The molecular weight excluding hydrogens is 240 g/mol. The maximum absolute atomic E-state index is 12.1. The topological polar surface area (TPSA) is 71.6 Å². The van der Waals surface area contributed by atoms with Crippen LogP contribution in [0.1, 0.15) is 26.7 Å². The predicted octanol–water partition coefficient (Wildman–Crippen LogP) is 2.12. The molecule has 0 saturated heterocycles. The van der Waals surface area contributed by atoms with Crippen LogP contribution in [0.4, 0.5) is 0 Å². The summed E-state index contributed by atoms with van der Waals surface area (Å²) in [5.74, 6) is 0. The van der Waals surface area contributed by atoms with E-state index in [2.05, 4.69) is 16.4 Å².